The number of hydrogen-bond donors (Lipinski definition) is 0. The number of furan rings is 1. The van der Waals surface area contributed by atoms with Crippen LogP contribution in [0.5, 0.6) is 0 Å². The fraction of sp³-hybridized carbons (Fsp3) is 0.0851. The van der Waals surface area contributed by atoms with Crippen LogP contribution in [-0.2, 0) is 6.42 Å². The van der Waals surface area contributed by atoms with E-state index in [1.54, 1.807) is 0 Å². The number of hydrogen-bond acceptors (Lipinski definition) is 4. The van der Waals surface area contributed by atoms with E-state index < -0.39 is 0 Å². The van der Waals surface area contributed by atoms with Crippen molar-refractivity contribution in [2.45, 2.75) is 26.2 Å². The van der Waals surface area contributed by atoms with Crippen LogP contribution in [0.1, 0.15) is 25.3 Å². The molecule has 4 nitrogen and oxygen atoms in total. The molecule has 9 aromatic rings. The summed E-state index contributed by atoms with van der Waals surface area (Å²) in [4.78, 5) is 15.2. The van der Waals surface area contributed by atoms with Crippen LogP contribution >= 0.6 is 0 Å². The maximum Gasteiger partial charge on any atom is 0.164 e. The van der Waals surface area contributed by atoms with Gasteiger partial charge in [0.25, 0.3) is 0 Å². The van der Waals surface area contributed by atoms with Gasteiger partial charge in [-0.2, -0.15) is 0 Å². The molecule has 0 aliphatic heterocycles. The van der Waals surface area contributed by atoms with E-state index in [2.05, 4.69) is 116 Å². The van der Waals surface area contributed by atoms with Gasteiger partial charge >= 0.3 is 0 Å². The van der Waals surface area contributed by atoms with Gasteiger partial charge in [-0.15, -0.1) is 0 Å². The van der Waals surface area contributed by atoms with Crippen molar-refractivity contribution in [2.75, 3.05) is 0 Å². The van der Waals surface area contributed by atoms with Gasteiger partial charge in [0.2, 0.25) is 0 Å². The van der Waals surface area contributed by atoms with Crippen molar-refractivity contribution in [1.29, 1.82) is 0 Å². The Balaban J connectivity index is 1.12. The Bertz CT molecular complexity index is 2660. The lowest BCUT2D eigenvalue weighted by Crippen LogP contribution is -2.00. The molecule has 2 heterocycles. The summed E-state index contributed by atoms with van der Waals surface area (Å²) in [6.45, 7) is 2.24. The van der Waals surface area contributed by atoms with Gasteiger partial charge in [0.05, 0.1) is 0 Å². The summed E-state index contributed by atoms with van der Waals surface area (Å²) in [5.74, 6) is 1.86. The zero-order valence-corrected chi connectivity index (χ0v) is 28.4. The molecule has 0 aliphatic rings. The van der Waals surface area contributed by atoms with Gasteiger partial charge in [0, 0.05) is 27.5 Å². The Kier molecular flexibility index (Phi) is 7.90. The number of fused-ring (bicyclic) bond motifs is 4. The minimum absolute atomic E-state index is 0.608. The molecule has 0 atom stereocenters. The Hall–Kier alpha value is -6.39. The molecule has 9 rings (SSSR count). The lowest BCUT2D eigenvalue weighted by molar-refractivity contribution is 0.669. The average Bonchev–Trinajstić information content (AvgIpc) is 3.58. The summed E-state index contributed by atoms with van der Waals surface area (Å²) in [5, 5.41) is 4.56. The number of nitrogens with zero attached hydrogens (tertiary/aromatic N) is 3. The second-order valence-corrected chi connectivity index (χ2v) is 13.1. The smallest absolute Gasteiger partial charge is 0.164 e. The van der Waals surface area contributed by atoms with Crippen molar-refractivity contribution in [3.63, 3.8) is 0 Å². The molecule has 0 saturated heterocycles. The van der Waals surface area contributed by atoms with Gasteiger partial charge in [-0.25, -0.2) is 15.0 Å². The molecule has 7 aromatic carbocycles. The molecule has 0 spiro atoms. The fourth-order valence-corrected chi connectivity index (χ4v) is 6.99. The molecule has 2 aromatic heterocycles. The lowest BCUT2D eigenvalue weighted by atomic mass is 9.98. The molecule has 4 heteroatoms. The van der Waals surface area contributed by atoms with Crippen molar-refractivity contribution >= 4 is 32.7 Å². The molecule has 0 N–H and O–H groups in total. The molecule has 0 radical (unpaired) electrons. The molecule has 0 unspecified atom stereocenters. The third-order valence-corrected chi connectivity index (χ3v) is 9.71. The van der Waals surface area contributed by atoms with Crippen LogP contribution < -0.4 is 0 Å². The van der Waals surface area contributed by atoms with Gasteiger partial charge in [-0.05, 0) is 75.7 Å². The minimum Gasteiger partial charge on any atom is -0.456 e. The topological polar surface area (TPSA) is 51.8 Å². The predicted molar refractivity (Wildman–Crippen MR) is 210 cm³/mol. The predicted octanol–water partition coefficient (Wildman–Crippen LogP) is 12.6. The number of rotatable bonds is 8. The van der Waals surface area contributed by atoms with E-state index in [0.717, 1.165) is 61.7 Å². The quantitative estimate of drug-likeness (QED) is 0.163. The summed E-state index contributed by atoms with van der Waals surface area (Å²) >= 11 is 0. The minimum atomic E-state index is 0.608. The van der Waals surface area contributed by atoms with E-state index in [4.69, 9.17) is 19.4 Å². The van der Waals surface area contributed by atoms with Crippen LogP contribution in [0.4, 0.5) is 0 Å². The fourth-order valence-electron chi connectivity index (χ4n) is 6.99. The highest BCUT2D eigenvalue weighted by Crippen LogP contribution is 2.38. The van der Waals surface area contributed by atoms with E-state index in [1.165, 1.54) is 34.7 Å². The molecule has 0 aliphatic carbocycles. The lowest BCUT2D eigenvalue weighted by Gasteiger charge is -2.10. The third-order valence-electron chi connectivity index (χ3n) is 9.71. The Labute approximate surface area is 297 Å². The van der Waals surface area contributed by atoms with Crippen molar-refractivity contribution in [3.8, 4) is 56.4 Å². The average molecular weight is 658 g/mol. The van der Waals surface area contributed by atoms with Gasteiger partial charge in [-0.3, -0.25) is 0 Å². The van der Waals surface area contributed by atoms with Gasteiger partial charge < -0.3 is 4.42 Å². The van der Waals surface area contributed by atoms with Crippen molar-refractivity contribution in [3.05, 3.63) is 163 Å². The first-order valence-corrected chi connectivity index (χ1v) is 17.7. The molecule has 0 amide bonds. The zero-order chi connectivity index (χ0) is 34.1. The van der Waals surface area contributed by atoms with Crippen LogP contribution in [0.25, 0.3) is 89.1 Å². The zero-order valence-electron chi connectivity index (χ0n) is 28.4. The molecule has 0 saturated carbocycles. The highest BCUT2D eigenvalue weighted by molar-refractivity contribution is 6.12. The van der Waals surface area contributed by atoms with Crippen LogP contribution in [0.3, 0.4) is 0 Å². The SMILES string of the molecule is CCCCc1ccc2cc(-c3ccc(-c4nc(-c5ccccc5)nc(-c5cccc6oc7cc(-c8ccccc8)ccc7c56)n4)cc3)ccc2c1. The first-order chi connectivity index (χ1) is 25.2. The van der Waals surface area contributed by atoms with E-state index in [1.807, 2.05) is 48.5 Å². The maximum atomic E-state index is 6.44. The van der Waals surface area contributed by atoms with Crippen molar-refractivity contribution in [1.82, 2.24) is 15.0 Å². The Morgan fingerprint density at radius 3 is 1.80 bits per heavy atom. The van der Waals surface area contributed by atoms with Gasteiger partial charge in [0.1, 0.15) is 11.2 Å². The molecular weight excluding hydrogens is 623 g/mol. The second kappa shape index (κ2) is 13.1. The van der Waals surface area contributed by atoms with E-state index in [-0.39, 0.29) is 0 Å². The van der Waals surface area contributed by atoms with Gasteiger partial charge in [0.15, 0.2) is 17.5 Å². The summed E-state index contributed by atoms with van der Waals surface area (Å²) in [6.07, 6.45) is 3.56. The number of aryl methyl sites for hydroxylation is 1. The second-order valence-electron chi connectivity index (χ2n) is 13.1. The van der Waals surface area contributed by atoms with E-state index in [9.17, 15) is 0 Å². The van der Waals surface area contributed by atoms with Crippen molar-refractivity contribution < 1.29 is 4.42 Å². The largest absolute Gasteiger partial charge is 0.456 e. The first-order valence-electron chi connectivity index (χ1n) is 17.7. The highest BCUT2D eigenvalue weighted by Gasteiger charge is 2.18. The Morgan fingerprint density at radius 2 is 1.04 bits per heavy atom. The van der Waals surface area contributed by atoms with Gasteiger partial charge in [-0.1, -0.05) is 147 Å². The highest BCUT2D eigenvalue weighted by atomic mass is 16.3. The molecule has 244 valence electrons. The van der Waals surface area contributed by atoms with Crippen molar-refractivity contribution in [2.24, 2.45) is 0 Å². The van der Waals surface area contributed by atoms with Crippen LogP contribution in [0.2, 0.25) is 0 Å². The van der Waals surface area contributed by atoms with Crippen LogP contribution in [0.15, 0.2) is 162 Å². The number of aromatic nitrogens is 3. The number of benzene rings is 7. The summed E-state index contributed by atoms with van der Waals surface area (Å²) < 4.78 is 6.44. The molecular formula is C47H35N3O. The van der Waals surface area contributed by atoms with E-state index in [0.29, 0.717) is 17.5 Å². The molecule has 0 fully saturated rings. The third kappa shape index (κ3) is 5.95. The summed E-state index contributed by atoms with van der Waals surface area (Å²) in [5.41, 5.74) is 10.4. The van der Waals surface area contributed by atoms with Crippen LogP contribution in [0, 0.1) is 0 Å². The molecule has 0 bridgehead atoms. The Morgan fingerprint density at radius 1 is 0.451 bits per heavy atom. The van der Waals surface area contributed by atoms with E-state index >= 15 is 0 Å². The van der Waals surface area contributed by atoms with Crippen LogP contribution in [-0.4, -0.2) is 15.0 Å². The molecule has 51 heavy (non-hydrogen) atoms. The maximum absolute atomic E-state index is 6.44. The normalized spacial score (nSPS) is 11.5. The standard InChI is InChI=1S/C47H35N3O/c1-2-3-11-31-18-19-38-29-37(25-24-36(38)28-31)33-20-22-35(23-21-33)46-48-45(34-14-8-5-9-15-34)49-47(50-46)41-16-10-17-42-44(41)40-27-26-39(30-43(40)51-42)32-12-6-4-7-13-32/h4-10,12-30H,2-3,11H2,1H3. The first kappa shape index (κ1) is 30.7. The number of unbranched alkanes of at least 4 members (excludes halogenated alkanes) is 1. The summed E-state index contributed by atoms with van der Waals surface area (Å²) in [7, 11) is 0. The monoisotopic (exact) mass is 657 g/mol. The summed E-state index contributed by atoms with van der Waals surface area (Å²) in [6, 6.07) is 55.1.